The summed E-state index contributed by atoms with van der Waals surface area (Å²) in [4.78, 5) is 2.55. The molecule has 20 heavy (non-hydrogen) atoms. The Labute approximate surface area is 126 Å². The molecule has 2 fully saturated rings. The molecule has 1 aliphatic carbocycles. The van der Waals surface area contributed by atoms with Crippen molar-refractivity contribution in [3.8, 4) is 5.75 Å². The molecule has 2 aliphatic rings. The molecule has 1 aromatic rings. The van der Waals surface area contributed by atoms with E-state index in [1.807, 2.05) is 12.1 Å². The molecule has 1 aliphatic heterocycles. The summed E-state index contributed by atoms with van der Waals surface area (Å²) >= 11 is 6.22. The molecule has 0 amide bonds. The zero-order valence-corrected chi connectivity index (χ0v) is 12.9. The average Bonchev–Trinajstić information content (AvgIpc) is 2.48. The fraction of sp³-hybridized carbons (Fsp3) is 0.625. The van der Waals surface area contributed by atoms with E-state index in [0.717, 1.165) is 36.1 Å². The Bertz CT molecular complexity index is 463. The van der Waals surface area contributed by atoms with E-state index < -0.39 is 0 Å². The van der Waals surface area contributed by atoms with E-state index in [9.17, 15) is 0 Å². The lowest BCUT2D eigenvalue weighted by Gasteiger charge is -2.51. The van der Waals surface area contributed by atoms with Crippen molar-refractivity contribution in [3.05, 3.63) is 23.2 Å². The van der Waals surface area contributed by atoms with Crippen LogP contribution < -0.4 is 15.0 Å². The molecule has 4 heteroatoms. The minimum Gasteiger partial charge on any atom is -0.495 e. The first-order valence-electron chi connectivity index (χ1n) is 7.57. The van der Waals surface area contributed by atoms with Crippen LogP contribution in [-0.4, -0.2) is 32.3 Å². The lowest BCUT2D eigenvalue weighted by molar-refractivity contribution is 0.239. The lowest BCUT2D eigenvalue weighted by atomic mass is 9.78. The molecule has 1 saturated heterocycles. The van der Waals surface area contributed by atoms with Gasteiger partial charge >= 0.3 is 0 Å². The second-order valence-corrected chi connectivity index (χ2v) is 6.37. The van der Waals surface area contributed by atoms with Gasteiger partial charge < -0.3 is 15.0 Å². The van der Waals surface area contributed by atoms with Crippen LogP contribution in [0.15, 0.2) is 18.2 Å². The smallest absolute Gasteiger partial charge is 0.142 e. The highest BCUT2D eigenvalue weighted by Crippen LogP contribution is 2.42. The monoisotopic (exact) mass is 294 g/mol. The van der Waals surface area contributed by atoms with E-state index in [-0.39, 0.29) is 5.54 Å². The first kappa shape index (κ1) is 14.0. The Hall–Kier alpha value is -0.930. The van der Waals surface area contributed by atoms with Gasteiger partial charge in [-0.05, 0) is 31.0 Å². The number of nitrogens with one attached hydrogen (secondary N) is 1. The maximum Gasteiger partial charge on any atom is 0.142 e. The quantitative estimate of drug-likeness (QED) is 0.904. The summed E-state index contributed by atoms with van der Waals surface area (Å²) in [5.41, 5.74) is 1.40. The van der Waals surface area contributed by atoms with Gasteiger partial charge in [0.2, 0.25) is 0 Å². The van der Waals surface area contributed by atoms with Crippen LogP contribution >= 0.6 is 11.6 Å². The second-order valence-electron chi connectivity index (χ2n) is 5.93. The normalized spacial score (nSPS) is 22.0. The van der Waals surface area contributed by atoms with Crippen LogP contribution in [-0.2, 0) is 0 Å². The number of rotatable bonds is 2. The molecule has 0 bridgehead atoms. The predicted octanol–water partition coefficient (Wildman–Crippen LogP) is 3.46. The molecule has 1 heterocycles. The van der Waals surface area contributed by atoms with Crippen LogP contribution in [0.5, 0.6) is 5.75 Å². The zero-order valence-electron chi connectivity index (χ0n) is 12.1. The number of methoxy groups -OCH3 is 1. The summed E-state index contributed by atoms with van der Waals surface area (Å²) in [6, 6.07) is 5.94. The second kappa shape index (κ2) is 5.82. The van der Waals surface area contributed by atoms with Crippen molar-refractivity contribution in [2.24, 2.45) is 0 Å². The van der Waals surface area contributed by atoms with E-state index >= 15 is 0 Å². The van der Waals surface area contributed by atoms with Gasteiger partial charge in [-0.25, -0.2) is 0 Å². The van der Waals surface area contributed by atoms with Crippen molar-refractivity contribution >= 4 is 17.3 Å². The number of ether oxygens (including phenoxy) is 1. The summed E-state index contributed by atoms with van der Waals surface area (Å²) in [5.74, 6) is 0.932. The third-order valence-electron chi connectivity index (χ3n) is 4.75. The Balaban J connectivity index is 1.99. The third-order valence-corrected chi connectivity index (χ3v) is 4.99. The SMILES string of the molecule is COc1ccc(Cl)cc1N1CCNCC12CCCCC2. The molecule has 0 aromatic heterocycles. The highest BCUT2D eigenvalue weighted by Gasteiger charge is 2.40. The Morgan fingerprint density at radius 1 is 1.25 bits per heavy atom. The van der Waals surface area contributed by atoms with Crippen LogP contribution in [0, 0.1) is 0 Å². The van der Waals surface area contributed by atoms with Gasteiger partial charge in [-0.2, -0.15) is 0 Å². The summed E-state index contributed by atoms with van der Waals surface area (Å²) in [6.07, 6.45) is 6.52. The van der Waals surface area contributed by atoms with E-state index in [0.29, 0.717) is 0 Å². The topological polar surface area (TPSA) is 24.5 Å². The average molecular weight is 295 g/mol. The van der Waals surface area contributed by atoms with Crippen LogP contribution in [0.1, 0.15) is 32.1 Å². The maximum atomic E-state index is 6.22. The van der Waals surface area contributed by atoms with Crippen molar-refractivity contribution in [2.75, 3.05) is 31.6 Å². The highest BCUT2D eigenvalue weighted by atomic mass is 35.5. The number of hydrogen-bond donors (Lipinski definition) is 1. The maximum absolute atomic E-state index is 6.22. The molecule has 1 saturated carbocycles. The first-order chi connectivity index (χ1) is 9.75. The van der Waals surface area contributed by atoms with E-state index in [1.165, 1.54) is 32.1 Å². The Kier molecular flexibility index (Phi) is 4.08. The minimum absolute atomic E-state index is 0.245. The Morgan fingerprint density at radius 3 is 2.80 bits per heavy atom. The summed E-state index contributed by atoms with van der Waals surface area (Å²) < 4.78 is 5.57. The molecule has 3 rings (SSSR count). The standard InChI is InChI=1S/C16H23ClN2O/c1-20-15-6-5-13(17)11-14(15)19-10-9-18-12-16(19)7-3-2-4-8-16/h5-6,11,18H,2-4,7-10,12H2,1H3. The van der Waals surface area contributed by atoms with Crippen LogP contribution in [0.25, 0.3) is 0 Å². The fourth-order valence-corrected chi connectivity index (χ4v) is 3.92. The van der Waals surface area contributed by atoms with Crippen LogP contribution in [0.4, 0.5) is 5.69 Å². The molecule has 3 nitrogen and oxygen atoms in total. The van der Waals surface area contributed by atoms with E-state index in [2.05, 4.69) is 16.3 Å². The largest absolute Gasteiger partial charge is 0.495 e. The van der Waals surface area contributed by atoms with Gasteiger partial charge in [-0.15, -0.1) is 0 Å². The minimum atomic E-state index is 0.245. The lowest BCUT2D eigenvalue weighted by Crippen LogP contribution is -2.62. The number of halogens is 1. The predicted molar refractivity (Wildman–Crippen MR) is 84.0 cm³/mol. The molecule has 1 aromatic carbocycles. The van der Waals surface area contributed by atoms with Crippen molar-refractivity contribution < 1.29 is 4.74 Å². The van der Waals surface area contributed by atoms with Crippen molar-refractivity contribution in [1.82, 2.24) is 5.32 Å². The molecular formula is C16H23ClN2O. The van der Waals surface area contributed by atoms with Crippen molar-refractivity contribution in [3.63, 3.8) is 0 Å². The van der Waals surface area contributed by atoms with Gasteiger partial charge in [0.05, 0.1) is 18.3 Å². The van der Waals surface area contributed by atoms with Gasteiger partial charge in [0.15, 0.2) is 0 Å². The summed E-state index contributed by atoms with van der Waals surface area (Å²) in [7, 11) is 1.74. The molecule has 1 spiro atoms. The zero-order chi connectivity index (χ0) is 14.0. The number of anilines is 1. The van der Waals surface area contributed by atoms with Crippen LogP contribution in [0.2, 0.25) is 5.02 Å². The van der Waals surface area contributed by atoms with Gasteiger partial charge in [0, 0.05) is 24.7 Å². The summed E-state index contributed by atoms with van der Waals surface area (Å²) in [6.45, 7) is 3.12. The van der Waals surface area contributed by atoms with Crippen molar-refractivity contribution in [1.29, 1.82) is 0 Å². The number of nitrogens with zero attached hydrogens (tertiary/aromatic N) is 1. The molecule has 0 radical (unpaired) electrons. The van der Waals surface area contributed by atoms with Crippen molar-refractivity contribution in [2.45, 2.75) is 37.6 Å². The van der Waals surface area contributed by atoms with Gasteiger partial charge in [0.25, 0.3) is 0 Å². The molecular weight excluding hydrogens is 272 g/mol. The molecule has 0 atom stereocenters. The van der Waals surface area contributed by atoms with Gasteiger partial charge in [-0.1, -0.05) is 30.9 Å². The van der Waals surface area contributed by atoms with Gasteiger partial charge in [0.1, 0.15) is 5.75 Å². The highest BCUT2D eigenvalue weighted by molar-refractivity contribution is 6.30. The van der Waals surface area contributed by atoms with Gasteiger partial charge in [-0.3, -0.25) is 0 Å². The third kappa shape index (κ3) is 2.49. The first-order valence-corrected chi connectivity index (χ1v) is 7.95. The number of benzene rings is 1. The van der Waals surface area contributed by atoms with E-state index in [4.69, 9.17) is 16.3 Å². The summed E-state index contributed by atoms with van der Waals surface area (Å²) in [5, 5.41) is 4.36. The van der Waals surface area contributed by atoms with Crippen LogP contribution in [0.3, 0.4) is 0 Å². The Morgan fingerprint density at radius 2 is 2.05 bits per heavy atom. The molecule has 1 N–H and O–H groups in total. The number of piperazine rings is 1. The number of hydrogen-bond acceptors (Lipinski definition) is 3. The fourth-order valence-electron chi connectivity index (χ4n) is 3.75. The molecule has 110 valence electrons. The van der Waals surface area contributed by atoms with E-state index in [1.54, 1.807) is 7.11 Å². The molecule has 0 unspecified atom stereocenters.